The number of fused-ring (bicyclic) bond motifs is 1. The van der Waals surface area contributed by atoms with E-state index in [9.17, 15) is 19.0 Å². The number of rotatable bonds is 1. The van der Waals surface area contributed by atoms with Crippen molar-refractivity contribution in [2.24, 2.45) is 0 Å². The maximum Gasteiger partial charge on any atom is 0.189 e. The van der Waals surface area contributed by atoms with E-state index in [1.807, 2.05) is 13.8 Å². The first-order valence-corrected chi connectivity index (χ1v) is 6.54. The van der Waals surface area contributed by atoms with Crippen LogP contribution in [-0.4, -0.2) is 10.2 Å². The number of hydrogen-bond acceptors (Lipinski definition) is 3. The van der Waals surface area contributed by atoms with Gasteiger partial charge in [0.05, 0.1) is 16.6 Å². The number of benzene rings is 2. The Balaban J connectivity index is 0.00000106. The Kier molecular flexibility index (Phi) is 4.98. The van der Waals surface area contributed by atoms with Gasteiger partial charge in [-0.3, -0.25) is 0 Å². The molecule has 0 unspecified atom stereocenters. The van der Waals surface area contributed by atoms with Gasteiger partial charge in [-0.25, -0.2) is 8.78 Å². The summed E-state index contributed by atoms with van der Waals surface area (Å²) < 4.78 is 27.8. The number of nitrogens with two attached hydrogens (primary N) is 1. The lowest BCUT2D eigenvalue weighted by Gasteiger charge is -2.14. The number of halogens is 2. The summed E-state index contributed by atoms with van der Waals surface area (Å²) in [5.74, 6) is -2.19. The quantitative estimate of drug-likeness (QED) is 0.427. The Hall–Kier alpha value is -2.48. The molecule has 0 heterocycles. The normalized spacial score (nSPS) is 9.90. The molecular formula is C16H17F2NO2. The Morgan fingerprint density at radius 3 is 2.19 bits per heavy atom. The van der Waals surface area contributed by atoms with Crippen molar-refractivity contribution >= 4 is 16.5 Å². The van der Waals surface area contributed by atoms with Crippen LogP contribution < -0.4 is 5.73 Å². The summed E-state index contributed by atoms with van der Waals surface area (Å²) in [7, 11) is 0. The van der Waals surface area contributed by atoms with Gasteiger partial charge in [-0.1, -0.05) is 26.7 Å². The van der Waals surface area contributed by atoms with Gasteiger partial charge < -0.3 is 15.9 Å². The first-order valence-electron chi connectivity index (χ1n) is 6.54. The molecule has 5 heteroatoms. The first-order chi connectivity index (χ1) is 9.93. The Labute approximate surface area is 122 Å². The summed E-state index contributed by atoms with van der Waals surface area (Å²) in [5.41, 5.74) is 5.71. The van der Waals surface area contributed by atoms with Crippen molar-refractivity contribution in [3.8, 4) is 23.8 Å². The molecule has 0 atom stereocenters. The fourth-order valence-electron chi connectivity index (χ4n) is 2.11. The summed E-state index contributed by atoms with van der Waals surface area (Å²) in [6.07, 6.45) is 5.63. The van der Waals surface area contributed by atoms with E-state index in [1.165, 1.54) is 6.07 Å². The number of phenols is 2. The lowest BCUT2D eigenvalue weighted by atomic mass is 9.95. The number of aromatic hydroxyl groups is 2. The third kappa shape index (κ3) is 2.45. The minimum absolute atomic E-state index is 0.0581. The van der Waals surface area contributed by atoms with Crippen molar-refractivity contribution in [1.29, 1.82) is 0 Å². The predicted octanol–water partition coefficient (Wildman–Crippen LogP) is 3.68. The van der Waals surface area contributed by atoms with E-state index in [0.717, 1.165) is 0 Å². The second kappa shape index (κ2) is 6.31. The maximum atomic E-state index is 14.0. The van der Waals surface area contributed by atoms with Gasteiger partial charge in [-0.2, -0.15) is 0 Å². The van der Waals surface area contributed by atoms with Crippen molar-refractivity contribution < 1.29 is 19.0 Å². The van der Waals surface area contributed by atoms with Gasteiger partial charge in [0.1, 0.15) is 5.75 Å². The van der Waals surface area contributed by atoms with Crippen molar-refractivity contribution in [2.75, 3.05) is 5.73 Å². The van der Waals surface area contributed by atoms with E-state index in [-0.39, 0.29) is 22.0 Å². The minimum Gasteiger partial charge on any atom is -0.505 e. The molecule has 0 aliphatic rings. The summed E-state index contributed by atoms with van der Waals surface area (Å²) >= 11 is 0. The average Bonchev–Trinajstić information content (AvgIpc) is 2.50. The molecule has 0 amide bonds. The van der Waals surface area contributed by atoms with Crippen LogP contribution in [0.5, 0.6) is 11.5 Å². The molecule has 0 fully saturated rings. The topological polar surface area (TPSA) is 66.5 Å². The van der Waals surface area contributed by atoms with Crippen LogP contribution in [0.4, 0.5) is 14.5 Å². The zero-order valence-corrected chi connectivity index (χ0v) is 12.1. The van der Waals surface area contributed by atoms with E-state index in [4.69, 9.17) is 12.2 Å². The van der Waals surface area contributed by atoms with Crippen molar-refractivity contribution in [2.45, 2.75) is 27.2 Å². The van der Waals surface area contributed by atoms with Crippen LogP contribution in [0.3, 0.4) is 0 Å². The Morgan fingerprint density at radius 2 is 1.71 bits per heavy atom. The highest BCUT2D eigenvalue weighted by molar-refractivity contribution is 6.00. The molecule has 0 saturated heterocycles. The highest BCUT2D eigenvalue weighted by Crippen LogP contribution is 2.41. The third-order valence-electron chi connectivity index (χ3n) is 3.04. The molecule has 0 aromatic heterocycles. The lowest BCUT2D eigenvalue weighted by molar-refractivity contribution is 0.397. The van der Waals surface area contributed by atoms with Gasteiger partial charge in [0, 0.05) is 5.39 Å². The summed E-state index contributed by atoms with van der Waals surface area (Å²) in [6, 6.07) is 1.41. The fourth-order valence-corrected chi connectivity index (χ4v) is 2.11. The van der Waals surface area contributed by atoms with Gasteiger partial charge >= 0.3 is 0 Å². The molecule has 2 aromatic carbocycles. The maximum absolute atomic E-state index is 14.0. The second-order valence-electron chi connectivity index (χ2n) is 4.07. The van der Waals surface area contributed by atoms with Crippen LogP contribution in [0, 0.1) is 24.0 Å². The van der Waals surface area contributed by atoms with Crippen LogP contribution in [0.1, 0.15) is 31.9 Å². The van der Waals surface area contributed by atoms with Crippen LogP contribution in [-0.2, 0) is 6.42 Å². The monoisotopic (exact) mass is 293 g/mol. The van der Waals surface area contributed by atoms with Gasteiger partial charge in [0.25, 0.3) is 0 Å². The van der Waals surface area contributed by atoms with Crippen molar-refractivity contribution in [3.63, 3.8) is 0 Å². The zero-order valence-electron chi connectivity index (χ0n) is 12.1. The van der Waals surface area contributed by atoms with Crippen LogP contribution in [0.25, 0.3) is 10.8 Å². The lowest BCUT2D eigenvalue weighted by Crippen LogP contribution is -1.99. The predicted molar refractivity (Wildman–Crippen MR) is 80.3 cm³/mol. The van der Waals surface area contributed by atoms with Crippen molar-refractivity contribution in [3.05, 3.63) is 28.8 Å². The van der Waals surface area contributed by atoms with E-state index in [0.29, 0.717) is 12.0 Å². The summed E-state index contributed by atoms with van der Waals surface area (Å²) in [5, 5.41) is 18.9. The molecule has 112 valence electrons. The van der Waals surface area contributed by atoms with E-state index in [2.05, 4.69) is 5.92 Å². The standard InChI is InChI=1S/C14H11F2NO2.C2H6/c1-3-6-5-8(17)13(18)10-9(6)7(4-2)11(15)14(19)12(10)16;1-2/h2,5,18-19H,3,17H2,1H3;1-2H3. The van der Waals surface area contributed by atoms with E-state index in [1.54, 1.807) is 6.92 Å². The largest absolute Gasteiger partial charge is 0.505 e. The molecule has 4 N–H and O–H groups in total. The number of hydrogen-bond donors (Lipinski definition) is 3. The number of terminal acetylenes is 1. The molecule has 2 rings (SSSR count). The number of phenolic OH excluding ortho intramolecular Hbond substituents is 2. The smallest absolute Gasteiger partial charge is 0.189 e. The highest BCUT2D eigenvalue weighted by Gasteiger charge is 2.23. The Bertz CT molecular complexity index is 734. The van der Waals surface area contributed by atoms with Crippen molar-refractivity contribution in [1.82, 2.24) is 0 Å². The van der Waals surface area contributed by atoms with E-state index < -0.39 is 23.1 Å². The molecule has 0 aliphatic carbocycles. The third-order valence-corrected chi connectivity index (χ3v) is 3.04. The molecule has 2 aromatic rings. The molecular weight excluding hydrogens is 276 g/mol. The first kappa shape index (κ1) is 16.6. The minimum atomic E-state index is -1.27. The average molecular weight is 293 g/mol. The number of anilines is 1. The molecule has 0 radical (unpaired) electrons. The van der Waals surface area contributed by atoms with Crippen LogP contribution in [0.15, 0.2) is 6.07 Å². The molecule has 0 aliphatic heterocycles. The second-order valence-corrected chi connectivity index (χ2v) is 4.07. The SMILES string of the molecule is C#Cc1c(F)c(O)c(F)c2c(O)c(N)cc(CC)c12.CC. The molecule has 21 heavy (non-hydrogen) atoms. The molecule has 0 spiro atoms. The summed E-state index contributed by atoms with van der Waals surface area (Å²) in [6.45, 7) is 5.76. The zero-order chi connectivity index (χ0) is 16.3. The Morgan fingerprint density at radius 1 is 1.14 bits per heavy atom. The van der Waals surface area contributed by atoms with Gasteiger partial charge in [0.2, 0.25) is 0 Å². The van der Waals surface area contributed by atoms with E-state index >= 15 is 0 Å². The van der Waals surface area contributed by atoms with Crippen LogP contribution in [0.2, 0.25) is 0 Å². The molecule has 0 saturated carbocycles. The van der Waals surface area contributed by atoms with Gasteiger partial charge in [-0.05, 0) is 18.1 Å². The van der Waals surface area contributed by atoms with Crippen LogP contribution >= 0.6 is 0 Å². The molecule has 0 bridgehead atoms. The van der Waals surface area contributed by atoms with Gasteiger partial charge in [-0.15, -0.1) is 6.42 Å². The summed E-state index contributed by atoms with van der Waals surface area (Å²) in [4.78, 5) is 0. The fraction of sp³-hybridized carbons (Fsp3) is 0.250. The number of aryl methyl sites for hydroxylation is 1. The molecule has 3 nitrogen and oxygen atoms in total. The van der Waals surface area contributed by atoms with Gasteiger partial charge in [0.15, 0.2) is 17.4 Å². The highest BCUT2D eigenvalue weighted by atomic mass is 19.1. The number of nitrogen functional groups attached to an aromatic ring is 1.